The Labute approximate surface area is 186 Å². The number of hydrogen-bond donors (Lipinski definition) is 0. The highest BCUT2D eigenvalue weighted by molar-refractivity contribution is 7.91. The molecule has 4 rings (SSSR count). The molecule has 1 aromatic heterocycles. The number of aromatic nitrogens is 1. The lowest BCUT2D eigenvalue weighted by atomic mass is 10.1. The van der Waals surface area contributed by atoms with Crippen molar-refractivity contribution in [3.05, 3.63) is 59.2 Å². The molecule has 0 radical (unpaired) electrons. The van der Waals surface area contributed by atoms with Crippen molar-refractivity contribution in [1.82, 2.24) is 4.98 Å². The summed E-state index contributed by atoms with van der Waals surface area (Å²) in [6.07, 6.45) is 1.69. The first-order chi connectivity index (χ1) is 14.8. The van der Waals surface area contributed by atoms with E-state index >= 15 is 0 Å². The van der Waals surface area contributed by atoms with Gasteiger partial charge in [-0.15, -0.1) is 0 Å². The van der Waals surface area contributed by atoms with Crippen molar-refractivity contribution in [2.24, 2.45) is 0 Å². The highest BCUT2D eigenvalue weighted by Crippen LogP contribution is 2.33. The van der Waals surface area contributed by atoms with Crippen molar-refractivity contribution >= 4 is 42.4 Å². The minimum Gasteiger partial charge on any atom is -0.376 e. The van der Waals surface area contributed by atoms with Gasteiger partial charge in [-0.25, -0.2) is 13.4 Å². The molecule has 31 heavy (non-hydrogen) atoms. The lowest BCUT2D eigenvalue weighted by Gasteiger charge is -2.23. The maximum atomic E-state index is 13.2. The Balaban J connectivity index is 1.61. The fourth-order valence-corrected chi connectivity index (χ4v) is 6.28. The third kappa shape index (κ3) is 5.31. The molecule has 0 N–H and O–H groups in total. The number of anilines is 1. The van der Waals surface area contributed by atoms with Crippen molar-refractivity contribution in [2.75, 3.05) is 23.8 Å². The molecule has 1 amide bonds. The van der Waals surface area contributed by atoms with E-state index in [0.717, 1.165) is 34.2 Å². The first-order valence-corrected chi connectivity index (χ1v) is 13.0. The predicted octanol–water partition coefficient (Wildman–Crippen LogP) is 4.04. The van der Waals surface area contributed by atoms with Crippen LogP contribution in [0.3, 0.4) is 0 Å². The van der Waals surface area contributed by atoms with Crippen molar-refractivity contribution in [3.63, 3.8) is 0 Å². The molecule has 0 saturated carbocycles. The van der Waals surface area contributed by atoms with Crippen LogP contribution in [-0.2, 0) is 25.1 Å². The number of benzene rings is 2. The summed E-state index contributed by atoms with van der Waals surface area (Å²) < 4.78 is 32.3. The second-order valence-corrected chi connectivity index (χ2v) is 11.1. The van der Waals surface area contributed by atoms with Gasteiger partial charge in [-0.05, 0) is 49.4 Å². The van der Waals surface area contributed by atoms with Crippen molar-refractivity contribution in [1.29, 1.82) is 0 Å². The fraction of sp³-hybridized carbons (Fsp3) is 0.391. The van der Waals surface area contributed by atoms with Crippen LogP contribution in [0.25, 0.3) is 10.2 Å². The normalized spacial score (nSPS) is 16.6. The van der Waals surface area contributed by atoms with E-state index in [1.54, 1.807) is 24.3 Å². The van der Waals surface area contributed by atoms with E-state index in [-0.39, 0.29) is 11.9 Å². The van der Waals surface area contributed by atoms with Gasteiger partial charge in [0.15, 0.2) is 15.0 Å². The van der Waals surface area contributed by atoms with Crippen LogP contribution in [0.1, 0.15) is 29.5 Å². The zero-order chi connectivity index (χ0) is 22.0. The van der Waals surface area contributed by atoms with Crippen LogP contribution >= 0.6 is 11.3 Å². The zero-order valence-electron chi connectivity index (χ0n) is 17.7. The molecular weight excluding hydrogens is 432 g/mol. The van der Waals surface area contributed by atoms with Crippen molar-refractivity contribution in [2.45, 2.75) is 38.5 Å². The van der Waals surface area contributed by atoms with Gasteiger partial charge in [0.25, 0.3) is 0 Å². The summed E-state index contributed by atoms with van der Waals surface area (Å²) in [5, 5.41) is 0.527. The number of fused-ring (bicyclic) bond motifs is 1. The fourth-order valence-electron chi connectivity index (χ4n) is 3.90. The average Bonchev–Trinajstić information content (AvgIpc) is 3.35. The summed E-state index contributed by atoms with van der Waals surface area (Å²) in [4.78, 5) is 19.4. The molecule has 1 aliphatic heterocycles. The summed E-state index contributed by atoms with van der Waals surface area (Å²) in [7, 11) is -3.62. The summed E-state index contributed by atoms with van der Waals surface area (Å²) in [5.74, 6) is -1.17. The number of nitrogens with zero attached hydrogens (tertiary/aromatic N) is 2. The number of carbonyl (C=O) groups is 1. The number of amides is 1. The summed E-state index contributed by atoms with van der Waals surface area (Å²) >= 11 is 1.43. The van der Waals surface area contributed by atoms with Gasteiger partial charge in [-0.3, -0.25) is 9.69 Å². The minimum atomic E-state index is -3.62. The van der Waals surface area contributed by atoms with E-state index in [1.165, 1.54) is 16.2 Å². The summed E-state index contributed by atoms with van der Waals surface area (Å²) in [6.45, 7) is 5.01. The average molecular weight is 459 g/mol. The van der Waals surface area contributed by atoms with Gasteiger partial charge in [0.05, 0.1) is 28.6 Å². The molecule has 1 saturated heterocycles. The molecule has 164 valence electrons. The molecule has 0 bridgehead atoms. The molecule has 6 nitrogen and oxygen atoms in total. The third-order valence-corrected chi connectivity index (χ3v) is 8.01. The highest BCUT2D eigenvalue weighted by Gasteiger charge is 2.29. The van der Waals surface area contributed by atoms with E-state index in [4.69, 9.17) is 4.74 Å². The van der Waals surface area contributed by atoms with Gasteiger partial charge in [0.1, 0.15) is 5.75 Å². The van der Waals surface area contributed by atoms with E-state index in [1.807, 2.05) is 26.0 Å². The number of ether oxygens (including phenoxy) is 1. The van der Waals surface area contributed by atoms with Gasteiger partial charge in [0.2, 0.25) is 5.91 Å². The zero-order valence-corrected chi connectivity index (χ0v) is 19.3. The van der Waals surface area contributed by atoms with Crippen molar-refractivity contribution < 1.29 is 17.9 Å². The molecular formula is C23H26N2O4S2. The Bertz CT molecular complexity index is 1180. The number of carbonyl (C=O) groups excluding carboxylic acids is 1. The summed E-state index contributed by atoms with van der Waals surface area (Å²) in [6, 6.07) is 13.0. The highest BCUT2D eigenvalue weighted by atomic mass is 32.2. The van der Waals surface area contributed by atoms with Crippen LogP contribution in [0.4, 0.5) is 5.13 Å². The maximum Gasteiger partial charge on any atom is 0.244 e. The number of hydrogen-bond acceptors (Lipinski definition) is 6. The van der Waals surface area contributed by atoms with Crippen LogP contribution in [-0.4, -0.2) is 44.3 Å². The molecule has 1 unspecified atom stereocenters. The Morgan fingerprint density at radius 3 is 2.71 bits per heavy atom. The molecule has 0 aliphatic carbocycles. The summed E-state index contributed by atoms with van der Waals surface area (Å²) in [5.41, 5.74) is 3.70. The van der Waals surface area contributed by atoms with E-state index in [2.05, 4.69) is 11.1 Å². The quantitative estimate of drug-likeness (QED) is 0.534. The Hall–Kier alpha value is -2.29. The minimum absolute atomic E-state index is 0.101. The topological polar surface area (TPSA) is 76.6 Å². The van der Waals surface area contributed by atoms with Gasteiger partial charge in [0, 0.05) is 6.61 Å². The second-order valence-electron chi connectivity index (χ2n) is 8.08. The second kappa shape index (κ2) is 9.06. The Kier molecular flexibility index (Phi) is 6.41. The van der Waals surface area contributed by atoms with E-state index < -0.39 is 21.5 Å². The monoisotopic (exact) mass is 458 g/mol. The first-order valence-electron chi connectivity index (χ1n) is 10.3. The Morgan fingerprint density at radius 2 is 2.00 bits per heavy atom. The Morgan fingerprint density at radius 1 is 1.23 bits per heavy atom. The number of rotatable bonds is 7. The first kappa shape index (κ1) is 21.9. The van der Waals surface area contributed by atoms with Crippen LogP contribution in [0.15, 0.2) is 42.5 Å². The molecule has 1 fully saturated rings. The third-order valence-electron chi connectivity index (χ3n) is 5.32. The van der Waals surface area contributed by atoms with E-state index in [9.17, 15) is 13.2 Å². The SMILES string of the molecule is Cc1cc(C)c2sc(N(CC3CCCO3)C(=O)CS(=O)(=O)Cc3ccccc3)nc2c1. The van der Waals surface area contributed by atoms with Crippen LogP contribution in [0.2, 0.25) is 0 Å². The smallest absolute Gasteiger partial charge is 0.244 e. The maximum absolute atomic E-state index is 13.2. The van der Waals surface area contributed by atoms with Gasteiger partial charge < -0.3 is 4.74 Å². The molecule has 0 spiro atoms. The largest absolute Gasteiger partial charge is 0.376 e. The van der Waals surface area contributed by atoms with Crippen LogP contribution < -0.4 is 4.90 Å². The number of aryl methyl sites for hydroxylation is 2. The molecule has 2 aromatic carbocycles. The van der Waals surface area contributed by atoms with Crippen molar-refractivity contribution in [3.8, 4) is 0 Å². The lowest BCUT2D eigenvalue weighted by Crippen LogP contribution is -2.41. The number of sulfone groups is 1. The standard InChI is InChI=1S/C23H26N2O4S2/c1-16-11-17(2)22-20(12-16)24-23(30-22)25(13-19-9-6-10-29-19)21(26)15-31(27,28)14-18-7-4-3-5-8-18/h3-5,7-8,11-12,19H,6,9-10,13-15H2,1-2H3. The van der Waals surface area contributed by atoms with Crippen LogP contribution in [0.5, 0.6) is 0 Å². The molecule has 8 heteroatoms. The molecule has 3 aromatic rings. The van der Waals surface area contributed by atoms with Gasteiger partial charge in [-0.2, -0.15) is 0 Å². The van der Waals surface area contributed by atoms with Crippen LogP contribution in [0, 0.1) is 13.8 Å². The predicted molar refractivity (Wildman–Crippen MR) is 124 cm³/mol. The molecule has 1 aliphatic rings. The van der Waals surface area contributed by atoms with Gasteiger partial charge >= 0.3 is 0 Å². The number of thiazole rings is 1. The lowest BCUT2D eigenvalue weighted by molar-refractivity contribution is -0.116. The molecule has 1 atom stereocenters. The molecule has 2 heterocycles. The van der Waals surface area contributed by atoms with Gasteiger partial charge in [-0.1, -0.05) is 47.7 Å². The van der Waals surface area contributed by atoms with E-state index in [0.29, 0.717) is 23.8 Å².